The fourth-order valence-electron chi connectivity index (χ4n) is 2.65. The summed E-state index contributed by atoms with van der Waals surface area (Å²) in [6, 6.07) is 13.5. The number of hydrogen-bond donors (Lipinski definition) is 1. The molecule has 0 radical (unpaired) electrons. The van der Waals surface area contributed by atoms with Gasteiger partial charge in [0, 0.05) is 11.6 Å². The van der Waals surface area contributed by atoms with Gasteiger partial charge < -0.3 is 19.1 Å². The Morgan fingerprint density at radius 2 is 1.71 bits per heavy atom. The molecule has 7 nitrogen and oxygen atoms in total. The minimum absolute atomic E-state index is 0.0824. The molecule has 0 fully saturated rings. The number of anilines is 1. The molecule has 0 aliphatic rings. The summed E-state index contributed by atoms with van der Waals surface area (Å²) in [5, 5.41) is 2.87. The van der Waals surface area contributed by atoms with E-state index in [-0.39, 0.29) is 24.4 Å². The van der Waals surface area contributed by atoms with E-state index in [0.717, 1.165) is 12.7 Å². The minimum Gasteiger partial charge on any atom is -0.495 e. The van der Waals surface area contributed by atoms with Gasteiger partial charge in [-0.1, -0.05) is 37.3 Å². The first-order chi connectivity index (χ1) is 13.2. The first-order valence-electron chi connectivity index (χ1n) is 8.93. The van der Waals surface area contributed by atoms with Crippen LogP contribution in [0.4, 0.5) is 10.5 Å². The lowest BCUT2D eigenvalue weighted by Crippen LogP contribution is -2.40. The van der Waals surface area contributed by atoms with E-state index in [0.29, 0.717) is 17.0 Å². The Morgan fingerprint density at radius 1 is 1.11 bits per heavy atom. The molecule has 2 amide bonds. The van der Waals surface area contributed by atoms with Gasteiger partial charge in [-0.3, -0.25) is 0 Å². The molecule has 0 heterocycles. The van der Waals surface area contributed by atoms with Crippen LogP contribution >= 0.6 is 0 Å². The standard InChI is InChI=1S/C20H26N2O5S/c1-5-15(2)22(20(23)21-17-11-7-9-13-19(17)26-3)14-16-10-6-8-12-18(16)27-28(4,24)25/h6-13,15H,5,14H2,1-4H3,(H,21,23). The van der Waals surface area contributed by atoms with Crippen molar-refractivity contribution >= 4 is 21.8 Å². The molecule has 152 valence electrons. The summed E-state index contributed by atoms with van der Waals surface area (Å²) in [5.41, 5.74) is 1.16. The van der Waals surface area contributed by atoms with Gasteiger partial charge in [-0.25, -0.2) is 4.79 Å². The van der Waals surface area contributed by atoms with Gasteiger partial charge in [0.25, 0.3) is 0 Å². The Kier molecular flexibility index (Phi) is 7.28. The van der Waals surface area contributed by atoms with Crippen LogP contribution in [0, 0.1) is 0 Å². The van der Waals surface area contributed by atoms with Gasteiger partial charge in [0.2, 0.25) is 0 Å². The van der Waals surface area contributed by atoms with Gasteiger partial charge >= 0.3 is 16.1 Å². The zero-order valence-corrected chi connectivity index (χ0v) is 17.3. The molecule has 0 bridgehead atoms. The van der Waals surface area contributed by atoms with Crippen molar-refractivity contribution in [3.8, 4) is 11.5 Å². The van der Waals surface area contributed by atoms with E-state index in [2.05, 4.69) is 5.32 Å². The first kappa shape index (κ1) is 21.6. The fraction of sp³-hybridized carbons (Fsp3) is 0.350. The van der Waals surface area contributed by atoms with Crippen molar-refractivity contribution in [3.63, 3.8) is 0 Å². The van der Waals surface area contributed by atoms with E-state index in [1.807, 2.05) is 19.9 Å². The molecule has 1 atom stereocenters. The molecular weight excluding hydrogens is 380 g/mol. The van der Waals surface area contributed by atoms with Crippen LogP contribution in [0.1, 0.15) is 25.8 Å². The van der Waals surface area contributed by atoms with Crippen LogP contribution in [-0.4, -0.2) is 38.8 Å². The van der Waals surface area contributed by atoms with Crippen molar-refractivity contribution in [1.29, 1.82) is 0 Å². The molecule has 8 heteroatoms. The number of carbonyl (C=O) groups is 1. The van der Waals surface area contributed by atoms with Gasteiger partial charge in [-0.05, 0) is 31.5 Å². The summed E-state index contributed by atoms with van der Waals surface area (Å²) in [5.74, 6) is 0.768. The van der Waals surface area contributed by atoms with Crippen LogP contribution in [-0.2, 0) is 16.7 Å². The SMILES string of the molecule is CCC(C)N(Cc1ccccc1OS(C)(=O)=O)C(=O)Nc1ccccc1OC. The van der Waals surface area contributed by atoms with E-state index in [1.165, 1.54) is 7.11 Å². The van der Waals surface area contributed by atoms with Crippen LogP contribution in [0.3, 0.4) is 0 Å². The Hall–Kier alpha value is -2.74. The van der Waals surface area contributed by atoms with Crippen LogP contribution in [0.2, 0.25) is 0 Å². The lowest BCUT2D eigenvalue weighted by Gasteiger charge is -2.29. The molecular formula is C20H26N2O5S. The molecule has 2 aromatic carbocycles. The van der Waals surface area contributed by atoms with Crippen LogP contribution in [0.15, 0.2) is 48.5 Å². The Labute approximate surface area is 166 Å². The average Bonchev–Trinajstić information content (AvgIpc) is 2.65. The monoisotopic (exact) mass is 406 g/mol. The van der Waals surface area contributed by atoms with Crippen molar-refractivity contribution in [2.24, 2.45) is 0 Å². The summed E-state index contributed by atoms with van der Waals surface area (Å²) < 4.78 is 33.5. The zero-order valence-electron chi connectivity index (χ0n) is 16.5. The summed E-state index contributed by atoms with van der Waals surface area (Å²) in [6.45, 7) is 4.11. The highest BCUT2D eigenvalue weighted by Crippen LogP contribution is 2.26. The van der Waals surface area contributed by atoms with Crippen molar-refractivity contribution in [2.45, 2.75) is 32.9 Å². The number of benzene rings is 2. The third-order valence-electron chi connectivity index (χ3n) is 4.29. The van der Waals surface area contributed by atoms with E-state index in [9.17, 15) is 13.2 Å². The lowest BCUT2D eigenvalue weighted by molar-refractivity contribution is 0.186. The number of methoxy groups -OCH3 is 1. The summed E-state index contributed by atoms with van der Waals surface area (Å²) in [6.07, 6.45) is 1.72. The number of nitrogens with one attached hydrogen (secondary N) is 1. The fourth-order valence-corrected chi connectivity index (χ4v) is 3.13. The molecule has 28 heavy (non-hydrogen) atoms. The summed E-state index contributed by atoms with van der Waals surface area (Å²) in [4.78, 5) is 14.6. The average molecular weight is 407 g/mol. The van der Waals surface area contributed by atoms with Crippen molar-refractivity contribution in [1.82, 2.24) is 4.90 Å². The predicted molar refractivity (Wildman–Crippen MR) is 109 cm³/mol. The molecule has 0 spiro atoms. The van der Waals surface area contributed by atoms with E-state index in [1.54, 1.807) is 47.4 Å². The second-order valence-electron chi connectivity index (χ2n) is 6.41. The van der Waals surface area contributed by atoms with Gasteiger partial charge in [-0.2, -0.15) is 8.42 Å². The molecule has 0 saturated heterocycles. The number of hydrogen-bond acceptors (Lipinski definition) is 5. The number of nitrogens with zero attached hydrogens (tertiary/aromatic N) is 1. The van der Waals surface area contributed by atoms with Crippen LogP contribution in [0.25, 0.3) is 0 Å². The molecule has 1 unspecified atom stereocenters. The van der Waals surface area contributed by atoms with Crippen molar-refractivity contribution < 1.29 is 22.1 Å². The van der Waals surface area contributed by atoms with Crippen molar-refractivity contribution in [2.75, 3.05) is 18.7 Å². The van der Waals surface area contributed by atoms with Gasteiger partial charge in [0.15, 0.2) is 0 Å². The van der Waals surface area contributed by atoms with Crippen LogP contribution in [0.5, 0.6) is 11.5 Å². The third kappa shape index (κ3) is 5.88. The second-order valence-corrected chi connectivity index (χ2v) is 7.99. The number of rotatable bonds is 8. The highest BCUT2D eigenvalue weighted by molar-refractivity contribution is 7.86. The minimum atomic E-state index is -3.67. The lowest BCUT2D eigenvalue weighted by atomic mass is 10.1. The maximum atomic E-state index is 13.0. The topological polar surface area (TPSA) is 84.9 Å². The Balaban J connectivity index is 2.29. The first-order valence-corrected chi connectivity index (χ1v) is 10.7. The number of amides is 2. The predicted octanol–water partition coefficient (Wildman–Crippen LogP) is 3.87. The Bertz CT molecular complexity index is 914. The number of carbonyl (C=O) groups excluding carboxylic acids is 1. The van der Waals surface area contributed by atoms with Gasteiger partial charge in [-0.15, -0.1) is 0 Å². The Morgan fingerprint density at radius 3 is 2.32 bits per heavy atom. The molecule has 2 rings (SSSR count). The number of para-hydroxylation sites is 3. The molecule has 0 aliphatic heterocycles. The maximum Gasteiger partial charge on any atom is 0.322 e. The number of ether oxygens (including phenoxy) is 1. The van der Waals surface area contributed by atoms with E-state index >= 15 is 0 Å². The zero-order chi connectivity index (χ0) is 20.7. The van der Waals surface area contributed by atoms with Gasteiger partial charge in [0.1, 0.15) is 11.5 Å². The maximum absolute atomic E-state index is 13.0. The summed E-state index contributed by atoms with van der Waals surface area (Å²) in [7, 11) is -2.14. The molecule has 0 saturated carbocycles. The molecule has 1 N–H and O–H groups in total. The largest absolute Gasteiger partial charge is 0.495 e. The van der Waals surface area contributed by atoms with Gasteiger partial charge in [0.05, 0.1) is 25.6 Å². The van der Waals surface area contributed by atoms with Crippen molar-refractivity contribution in [3.05, 3.63) is 54.1 Å². The molecule has 0 aliphatic carbocycles. The summed E-state index contributed by atoms with van der Waals surface area (Å²) >= 11 is 0. The number of urea groups is 1. The van der Waals surface area contributed by atoms with Crippen LogP contribution < -0.4 is 14.2 Å². The molecule has 0 aromatic heterocycles. The second kappa shape index (κ2) is 9.45. The van der Waals surface area contributed by atoms with E-state index < -0.39 is 10.1 Å². The third-order valence-corrected chi connectivity index (χ3v) is 4.77. The molecule has 2 aromatic rings. The quantitative estimate of drug-likeness (QED) is 0.673. The normalized spacial score (nSPS) is 12.1. The smallest absolute Gasteiger partial charge is 0.322 e. The highest BCUT2D eigenvalue weighted by Gasteiger charge is 2.22. The van der Waals surface area contributed by atoms with E-state index in [4.69, 9.17) is 8.92 Å². The highest BCUT2D eigenvalue weighted by atomic mass is 32.2.